The summed E-state index contributed by atoms with van der Waals surface area (Å²) < 4.78 is 43.2. The van der Waals surface area contributed by atoms with E-state index >= 15 is 0 Å². The molecule has 38 heavy (non-hydrogen) atoms. The topological polar surface area (TPSA) is 121 Å². The van der Waals surface area contributed by atoms with Crippen molar-refractivity contribution in [1.82, 2.24) is 25.2 Å². The van der Waals surface area contributed by atoms with Gasteiger partial charge in [0.15, 0.2) is 0 Å². The minimum Gasteiger partial charge on any atom is -0.391 e. The van der Waals surface area contributed by atoms with Crippen molar-refractivity contribution in [1.29, 1.82) is 0 Å². The number of aliphatic hydroxyl groups excluding tert-OH is 1. The molecule has 4 atom stereocenters. The van der Waals surface area contributed by atoms with Gasteiger partial charge in [-0.05, 0) is 36.0 Å². The Morgan fingerprint density at radius 3 is 2.37 bits per heavy atom. The number of nitrogens with one attached hydrogen (secondary N) is 1. The van der Waals surface area contributed by atoms with Crippen LogP contribution in [0, 0.1) is 5.41 Å². The standard InChI is InChI=1S/C25H31ClF3N5O4/c1-23(2,3)20(34-12-18(31-32-34)14-4-5-14)22(37)33-11-17(35)10-19(33)21(36)30-13-24(38,25(27,28)29)15-6-8-16(26)9-7-15/h6-9,12,14,17,19-20,35,38H,4-5,10-11,13H2,1-3H3,(H,30,36)/t17-,19+,20-,24?/m1/s1. The first-order valence-electron chi connectivity index (χ1n) is 12.3. The van der Waals surface area contributed by atoms with Gasteiger partial charge in [0.1, 0.15) is 12.1 Å². The highest BCUT2D eigenvalue weighted by Gasteiger charge is 2.55. The van der Waals surface area contributed by atoms with Gasteiger partial charge in [0.2, 0.25) is 17.4 Å². The number of carbonyl (C=O) groups is 2. The third kappa shape index (κ3) is 5.67. The van der Waals surface area contributed by atoms with Gasteiger partial charge in [0.05, 0.1) is 18.3 Å². The summed E-state index contributed by atoms with van der Waals surface area (Å²) >= 11 is 5.77. The van der Waals surface area contributed by atoms with Crippen LogP contribution in [0.5, 0.6) is 0 Å². The van der Waals surface area contributed by atoms with Crippen LogP contribution < -0.4 is 5.32 Å². The Morgan fingerprint density at radius 1 is 1.18 bits per heavy atom. The van der Waals surface area contributed by atoms with Gasteiger partial charge in [-0.3, -0.25) is 9.59 Å². The number of rotatable bonds is 7. The van der Waals surface area contributed by atoms with E-state index in [4.69, 9.17) is 11.6 Å². The molecule has 2 amide bonds. The predicted octanol–water partition coefficient (Wildman–Crippen LogP) is 2.92. The highest BCUT2D eigenvalue weighted by Crippen LogP contribution is 2.41. The molecule has 0 radical (unpaired) electrons. The van der Waals surface area contributed by atoms with Crippen LogP contribution in [0.25, 0.3) is 0 Å². The molecule has 2 aromatic rings. The highest BCUT2D eigenvalue weighted by atomic mass is 35.5. The lowest BCUT2D eigenvalue weighted by Gasteiger charge is -2.35. The number of benzene rings is 1. The fraction of sp³-hybridized carbons (Fsp3) is 0.600. The number of amides is 2. The van der Waals surface area contributed by atoms with Crippen LogP contribution in [0.4, 0.5) is 13.2 Å². The molecule has 2 fully saturated rings. The third-order valence-electron chi connectivity index (χ3n) is 7.02. The molecule has 1 saturated heterocycles. The van der Waals surface area contributed by atoms with E-state index in [1.807, 2.05) is 20.8 Å². The van der Waals surface area contributed by atoms with E-state index in [1.165, 1.54) is 21.7 Å². The molecule has 1 aromatic carbocycles. The zero-order valence-corrected chi connectivity index (χ0v) is 22.0. The normalized spacial score (nSPS) is 22.7. The number of likely N-dealkylation sites (tertiary alicyclic amines) is 1. The van der Waals surface area contributed by atoms with E-state index in [0.717, 1.165) is 30.7 Å². The second-order valence-electron chi connectivity index (χ2n) is 11.1. The molecule has 13 heteroatoms. The van der Waals surface area contributed by atoms with Crippen LogP contribution in [0.3, 0.4) is 0 Å². The van der Waals surface area contributed by atoms with Crippen LogP contribution in [0.1, 0.15) is 63.3 Å². The molecule has 208 valence electrons. The molecule has 9 nitrogen and oxygen atoms in total. The van der Waals surface area contributed by atoms with E-state index in [-0.39, 0.29) is 18.0 Å². The number of hydrogen-bond acceptors (Lipinski definition) is 6. The lowest BCUT2D eigenvalue weighted by atomic mass is 9.85. The van der Waals surface area contributed by atoms with Crippen LogP contribution in [0.15, 0.2) is 30.5 Å². The van der Waals surface area contributed by atoms with Crippen LogP contribution in [-0.4, -0.2) is 73.3 Å². The summed E-state index contributed by atoms with van der Waals surface area (Å²) in [5, 5.41) is 31.6. The molecule has 2 aliphatic rings. The maximum Gasteiger partial charge on any atom is 0.423 e. The Labute approximate surface area is 222 Å². The molecule has 0 spiro atoms. The van der Waals surface area contributed by atoms with Crippen molar-refractivity contribution >= 4 is 23.4 Å². The van der Waals surface area contributed by atoms with Gasteiger partial charge in [0, 0.05) is 30.1 Å². The molecule has 0 bridgehead atoms. The van der Waals surface area contributed by atoms with E-state index in [2.05, 4.69) is 15.6 Å². The first kappa shape index (κ1) is 28.3. The Hall–Kier alpha value is -2.70. The Bertz CT molecular complexity index is 1180. The summed E-state index contributed by atoms with van der Waals surface area (Å²) in [6.45, 7) is 4.11. The van der Waals surface area contributed by atoms with Gasteiger partial charge in [-0.25, -0.2) is 4.68 Å². The number of β-amino-alcohol motifs (C(OH)–C–C–N with tert-alkyl or cyclic N) is 1. The fourth-order valence-corrected chi connectivity index (χ4v) is 4.88. The minimum absolute atomic E-state index is 0.162. The highest BCUT2D eigenvalue weighted by molar-refractivity contribution is 6.30. The fourth-order valence-electron chi connectivity index (χ4n) is 4.75. The second kappa shape index (κ2) is 10.1. The van der Waals surface area contributed by atoms with Crippen molar-refractivity contribution in [3.05, 3.63) is 46.7 Å². The van der Waals surface area contributed by atoms with Crippen molar-refractivity contribution in [3.8, 4) is 0 Å². The number of hydrogen-bond donors (Lipinski definition) is 3. The maximum absolute atomic E-state index is 13.9. The summed E-state index contributed by atoms with van der Waals surface area (Å²) in [4.78, 5) is 28.1. The molecule has 1 saturated carbocycles. The van der Waals surface area contributed by atoms with E-state index in [0.29, 0.717) is 5.92 Å². The van der Waals surface area contributed by atoms with E-state index in [9.17, 15) is 33.0 Å². The molecule has 1 aliphatic carbocycles. The number of aromatic nitrogens is 3. The lowest BCUT2D eigenvalue weighted by molar-refractivity contribution is -0.264. The Morgan fingerprint density at radius 2 is 1.82 bits per heavy atom. The Kier molecular flexibility index (Phi) is 7.54. The van der Waals surface area contributed by atoms with Crippen LogP contribution in [0.2, 0.25) is 5.02 Å². The summed E-state index contributed by atoms with van der Waals surface area (Å²) in [6.07, 6.45) is -2.64. The van der Waals surface area contributed by atoms with Crippen molar-refractivity contribution in [2.24, 2.45) is 5.41 Å². The lowest BCUT2D eigenvalue weighted by Crippen LogP contribution is -2.55. The Balaban J connectivity index is 1.55. The number of nitrogens with zero attached hydrogens (tertiary/aromatic N) is 4. The van der Waals surface area contributed by atoms with Crippen molar-refractivity contribution < 1.29 is 33.0 Å². The van der Waals surface area contributed by atoms with Crippen molar-refractivity contribution in [2.45, 2.75) is 75.9 Å². The summed E-state index contributed by atoms with van der Waals surface area (Å²) in [5.74, 6) is -1.12. The van der Waals surface area contributed by atoms with Crippen molar-refractivity contribution in [2.75, 3.05) is 13.1 Å². The smallest absolute Gasteiger partial charge is 0.391 e. The van der Waals surface area contributed by atoms with Gasteiger partial charge >= 0.3 is 6.18 Å². The number of halogens is 4. The van der Waals surface area contributed by atoms with E-state index < -0.39 is 59.3 Å². The van der Waals surface area contributed by atoms with Crippen molar-refractivity contribution in [3.63, 3.8) is 0 Å². The molecule has 3 N–H and O–H groups in total. The van der Waals surface area contributed by atoms with Crippen LogP contribution >= 0.6 is 11.6 Å². The molecule has 4 rings (SSSR count). The van der Waals surface area contributed by atoms with Gasteiger partial charge in [-0.15, -0.1) is 5.10 Å². The molecular formula is C25H31ClF3N5O4. The zero-order chi connectivity index (χ0) is 28.0. The van der Waals surface area contributed by atoms with Gasteiger partial charge in [-0.2, -0.15) is 13.2 Å². The van der Waals surface area contributed by atoms with Crippen LogP contribution in [-0.2, 0) is 15.2 Å². The molecule has 1 unspecified atom stereocenters. The monoisotopic (exact) mass is 557 g/mol. The predicted molar refractivity (Wildman–Crippen MR) is 131 cm³/mol. The van der Waals surface area contributed by atoms with Gasteiger partial charge in [0.25, 0.3) is 0 Å². The average molecular weight is 558 g/mol. The first-order valence-corrected chi connectivity index (χ1v) is 12.7. The molecular weight excluding hydrogens is 527 g/mol. The molecule has 1 aromatic heterocycles. The summed E-state index contributed by atoms with van der Waals surface area (Å²) in [7, 11) is 0. The number of alkyl halides is 3. The van der Waals surface area contributed by atoms with Gasteiger partial charge < -0.3 is 20.4 Å². The largest absolute Gasteiger partial charge is 0.423 e. The quantitative estimate of drug-likeness (QED) is 0.481. The third-order valence-corrected chi connectivity index (χ3v) is 7.27. The maximum atomic E-state index is 13.9. The SMILES string of the molecule is CC(C)(C)[C@@H](C(=O)N1C[C@H](O)C[C@H]1C(=O)NCC(O)(c1ccc(Cl)cc1)C(F)(F)F)n1cc(C2CC2)nn1. The second-order valence-corrected chi connectivity index (χ2v) is 11.6. The number of carbonyl (C=O) groups excluding carboxylic acids is 2. The average Bonchev–Trinajstić information content (AvgIpc) is 3.43. The zero-order valence-electron chi connectivity index (χ0n) is 21.2. The molecule has 2 heterocycles. The first-order chi connectivity index (χ1) is 17.6. The summed E-state index contributed by atoms with van der Waals surface area (Å²) in [6, 6.07) is 2.35. The van der Waals surface area contributed by atoms with Gasteiger partial charge in [-0.1, -0.05) is 49.7 Å². The minimum atomic E-state index is -5.12. The number of aliphatic hydroxyl groups is 2. The molecule has 1 aliphatic heterocycles. The van der Waals surface area contributed by atoms with E-state index in [1.54, 1.807) is 6.20 Å². The summed E-state index contributed by atoms with van der Waals surface area (Å²) in [5.41, 5.74) is -3.78.